The minimum atomic E-state index is 0.226. The Bertz CT molecular complexity index is 284. The number of hydrogen-bond donors (Lipinski definition) is 0. The topological polar surface area (TPSA) is 9.23 Å². The molecule has 0 amide bonds. The summed E-state index contributed by atoms with van der Waals surface area (Å²) in [5, 5.41) is 0.836. The van der Waals surface area contributed by atoms with Gasteiger partial charge in [-0.15, -0.1) is 0 Å². The second-order valence-electron chi connectivity index (χ2n) is 3.05. The highest BCUT2D eigenvalue weighted by Gasteiger charge is 2.02. The molecule has 0 fully saturated rings. The van der Waals surface area contributed by atoms with Crippen LogP contribution in [0.15, 0.2) is 22.7 Å². The summed E-state index contributed by atoms with van der Waals surface area (Å²) >= 11 is 6.89. The van der Waals surface area contributed by atoms with Crippen molar-refractivity contribution in [2.75, 3.05) is 0 Å². The molecule has 0 spiro atoms. The average Bonchev–Trinajstić information content (AvgIpc) is 2.07. The highest BCUT2D eigenvalue weighted by Crippen LogP contribution is 2.24. The van der Waals surface area contributed by atoms with Crippen molar-refractivity contribution in [3.05, 3.63) is 28.2 Å². The number of alkyl halides is 1. The minimum absolute atomic E-state index is 0.226. The molecule has 13 heavy (non-hydrogen) atoms. The average molecular weight is 308 g/mol. The van der Waals surface area contributed by atoms with Crippen molar-refractivity contribution in [2.24, 2.45) is 0 Å². The highest BCUT2D eigenvalue weighted by atomic mass is 79.9. The zero-order valence-electron chi connectivity index (χ0n) is 7.68. The van der Waals surface area contributed by atoms with Crippen molar-refractivity contribution >= 4 is 31.9 Å². The van der Waals surface area contributed by atoms with E-state index in [-0.39, 0.29) is 6.10 Å². The first-order chi connectivity index (χ1) is 6.13. The summed E-state index contributed by atoms with van der Waals surface area (Å²) in [6, 6.07) is 6.02. The maximum absolute atomic E-state index is 5.57. The predicted molar refractivity (Wildman–Crippen MR) is 62.5 cm³/mol. The van der Waals surface area contributed by atoms with E-state index in [0.29, 0.717) is 0 Å². The third-order valence-electron chi connectivity index (χ3n) is 1.53. The SMILES string of the molecule is CC(C)Oc1ccc(Br)c(CBr)c1. The molecule has 0 heterocycles. The number of hydrogen-bond acceptors (Lipinski definition) is 1. The molecule has 0 unspecified atom stereocenters. The van der Waals surface area contributed by atoms with Crippen LogP contribution in [0.1, 0.15) is 19.4 Å². The van der Waals surface area contributed by atoms with E-state index < -0.39 is 0 Å². The Morgan fingerprint density at radius 3 is 2.62 bits per heavy atom. The molecule has 0 aliphatic heterocycles. The van der Waals surface area contributed by atoms with Gasteiger partial charge >= 0.3 is 0 Å². The van der Waals surface area contributed by atoms with Gasteiger partial charge in [-0.25, -0.2) is 0 Å². The molecule has 0 N–H and O–H groups in total. The van der Waals surface area contributed by atoms with E-state index in [9.17, 15) is 0 Å². The van der Waals surface area contributed by atoms with Gasteiger partial charge in [-0.3, -0.25) is 0 Å². The van der Waals surface area contributed by atoms with E-state index in [1.165, 1.54) is 5.56 Å². The molecule has 1 aromatic rings. The Kier molecular flexibility index (Phi) is 4.26. The summed E-state index contributed by atoms with van der Waals surface area (Å²) in [5.41, 5.74) is 1.21. The normalized spacial score (nSPS) is 10.5. The van der Waals surface area contributed by atoms with Gasteiger partial charge in [0, 0.05) is 9.80 Å². The van der Waals surface area contributed by atoms with Gasteiger partial charge < -0.3 is 4.74 Å². The zero-order chi connectivity index (χ0) is 9.84. The minimum Gasteiger partial charge on any atom is -0.491 e. The fraction of sp³-hybridized carbons (Fsp3) is 0.400. The van der Waals surface area contributed by atoms with Crippen molar-refractivity contribution in [1.29, 1.82) is 0 Å². The van der Waals surface area contributed by atoms with Crippen molar-refractivity contribution in [2.45, 2.75) is 25.3 Å². The van der Waals surface area contributed by atoms with Gasteiger partial charge in [0.25, 0.3) is 0 Å². The third kappa shape index (κ3) is 3.31. The molecule has 1 nitrogen and oxygen atoms in total. The first-order valence-corrected chi connectivity index (χ1v) is 6.06. The number of halogens is 2. The largest absolute Gasteiger partial charge is 0.491 e. The molecule has 0 atom stereocenters. The second-order valence-corrected chi connectivity index (χ2v) is 4.47. The smallest absolute Gasteiger partial charge is 0.120 e. The van der Waals surface area contributed by atoms with E-state index in [4.69, 9.17) is 4.74 Å². The van der Waals surface area contributed by atoms with Gasteiger partial charge in [0.1, 0.15) is 5.75 Å². The highest BCUT2D eigenvalue weighted by molar-refractivity contribution is 9.10. The Morgan fingerprint density at radius 2 is 2.08 bits per heavy atom. The van der Waals surface area contributed by atoms with Crippen molar-refractivity contribution in [1.82, 2.24) is 0 Å². The monoisotopic (exact) mass is 306 g/mol. The Hall–Kier alpha value is -0.0200. The summed E-state index contributed by atoms with van der Waals surface area (Å²) in [4.78, 5) is 0. The lowest BCUT2D eigenvalue weighted by Gasteiger charge is -2.11. The van der Waals surface area contributed by atoms with Crippen molar-refractivity contribution in [3.63, 3.8) is 0 Å². The molecule has 0 saturated carbocycles. The van der Waals surface area contributed by atoms with Crippen LogP contribution in [0.25, 0.3) is 0 Å². The molecule has 1 aromatic carbocycles. The van der Waals surface area contributed by atoms with Crippen LogP contribution >= 0.6 is 31.9 Å². The van der Waals surface area contributed by atoms with Gasteiger partial charge in [0.05, 0.1) is 6.10 Å². The maximum Gasteiger partial charge on any atom is 0.120 e. The van der Waals surface area contributed by atoms with E-state index >= 15 is 0 Å². The lowest BCUT2D eigenvalue weighted by Crippen LogP contribution is -2.05. The van der Waals surface area contributed by atoms with Crippen LogP contribution in [0.5, 0.6) is 5.75 Å². The van der Waals surface area contributed by atoms with Crippen molar-refractivity contribution < 1.29 is 4.74 Å². The molecular formula is C10H12Br2O. The molecule has 0 aliphatic carbocycles. The molecule has 0 saturated heterocycles. The zero-order valence-corrected chi connectivity index (χ0v) is 10.9. The predicted octanol–water partition coefficient (Wildman–Crippen LogP) is 4.13. The van der Waals surface area contributed by atoms with Gasteiger partial charge in [-0.05, 0) is 37.6 Å². The Balaban J connectivity index is 2.86. The quantitative estimate of drug-likeness (QED) is 0.763. The fourth-order valence-corrected chi connectivity index (χ4v) is 2.23. The summed E-state index contributed by atoms with van der Waals surface area (Å²) in [6.45, 7) is 4.05. The summed E-state index contributed by atoms with van der Waals surface area (Å²) < 4.78 is 6.68. The van der Waals surface area contributed by atoms with Crippen LogP contribution in [0.3, 0.4) is 0 Å². The molecular weight excluding hydrogens is 296 g/mol. The van der Waals surface area contributed by atoms with E-state index in [1.807, 2.05) is 32.0 Å². The molecule has 0 bridgehead atoms. The summed E-state index contributed by atoms with van der Waals surface area (Å²) in [6.07, 6.45) is 0.226. The molecule has 72 valence electrons. The first-order valence-electron chi connectivity index (χ1n) is 4.14. The maximum atomic E-state index is 5.57. The fourth-order valence-electron chi connectivity index (χ4n) is 0.999. The summed E-state index contributed by atoms with van der Waals surface area (Å²) in [5.74, 6) is 0.924. The molecule has 1 rings (SSSR count). The van der Waals surface area contributed by atoms with E-state index in [1.54, 1.807) is 0 Å². The van der Waals surface area contributed by atoms with Crippen LogP contribution in [0.4, 0.5) is 0 Å². The lowest BCUT2D eigenvalue weighted by molar-refractivity contribution is 0.242. The standard InChI is InChI=1S/C10H12Br2O/c1-7(2)13-9-3-4-10(12)8(5-9)6-11/h3-5,7H,6H2,1-2H3. The van der Waals surface area contributed by atoms with Crippen molar-refractivity contribution in [3.8, 4) is 5.75 Å². The van der Waals surface area contributed by atoms with Crippen LogP contribution in [0, 0.1) is 0 Å². The Labute approximate surface area is 95.7 Å². The molecule has 0 radical (unpaired) electrons. The lowest BCUT2D eigenvalue weighted by atomic mass is 10.2. The summed E-state index contributed by atoms with van der Waals surface area (Å²) in [7, 11) is 0. The molecule has 0 aliphatic rings. The molecule has 0 aromatic heterocycles. The van der Waals surface area contributed by atoms with E-state index in [2.05, 4.69) is 31.9 Å². The van der Waals surface area contributed by atoms with Gasteiger partial charge in [0.15, 0.2) is 0 Å². The van der Waals surface area contributed by atoms with E-state index in [0.717, 1.165) is 15.6 Å². The van der Waals surface area contributed by atoms with Gasteiger partial charge in [0.2, 0.25) is 0 Å². The second kappa shape index (κ2) is 5.01. The van der Waals surface area contributed by atoms with Crippen LogP contribution in [-0.2, 0) is 5.33 Å². The molecule has 3 heteroatoms. The Morgan fingerprint density at radius 1 is 1.38 bits per heavy atom. The number of benzene rings is 1. The third-order valence-corrected chi connectivity index (χ3v) is 2.91. The van der Waals surface area contributed by atoms with Crippen LogP contribution in [-0.4, -0.2) is 6.10 Å². The number of rotatable bonds is 3. The van der Waals surface area contributed by atoms with Gasteiger partial charge in [-0.1, -0.05) is 31.9 Å². The van der Waals surface area contributed by atoms with Gasteiger partial charge in [-0.2, -0.15) is 0 Å². The number of ether oxygens (including phenoxy) is 1. The van der Waals surface area contributed by atoms with Crippen LogP contribution < -0.4 is 4.74 Å². The van der Waals surface area contributed by atoms with Crippen LogP contribution in [0.2, 0.25) is 0 Å². The first kappa shape index (κ1) is 11.1.